The fourth-order valence-electron chi connectivity index (χ4n) is 2.21. The van der Waals surface area contributed by atoms with E-state index in [1.165, 1.54) is 12.1 Å². The first-order valence-electron chi connectivity index (χ1n) is 6.44. The molecule has 3 rings (SSSR count). The van der Waals surface area contributed by atoms with Crippen LogP contribution in [0.5, 0.6) is 0 Å². The first-order chi connectivity index (χ1) is 10.1. The zero-order valence-electron chi connectivity index (χ0n) is 11.3. The minimum Gasteiger partial charge on any atom is -0.383 e. The summed E-state index contributed by atoms with van der Waals surface area (Å²) >= 11 is 2.11. The molecule has 1 aromatic heterocycles. The highest BCUT2D eigenvalue weighted by molar-refractivity contribution is 14.1. The highest BCUT2D eigenvalue weighted by Crippen LogP contribution is 2.31. The summed E-state index contributed by atoms with van der Waals surface area (Å²) in [6.07, 6.45) is 0. The van der Waals surface area contributed by atoms with Gasteiger partial charge in [0, 0.05) is 14.7 Å². The van der Waals surface area contributed by atoms with Crippen LogP contribution in [0.1, 0.15) is 5.56 Å². The summed E-state index contributed by atoms with van der Waals surface area (Å²) in [5.41, 5.74) is 9.64. The Balaban J connectivity index is 2.17. The predicted octanol–water partition coefficient (Wildman–Crippen LogP) is 4.17. The topological polar surface area (TPSA) is 43.8 Å². The Labute approximate surface area is 135 Å². The van der Waals surface area contributed by atoms with Gasteiger partial charge >= 0.3 is 0 Å². The van der Waals surface area contributed by atoms with E-state index in [-0.39, 0.29) is 5.82 Å². The second-order valence-corrected chi connectivity index (χ2v) is 5.89. The Morgan fingerprint density at radius 3 is 2.52 bits per heavy atom. The summed E-state index contributed by atoms with van der Waals surface area (Å²) < 4.78 is 15.8. The minimum atomic E-state index is -0.253. The number of nitrogens with zero attached hydrogens (tertiary/aromatic N) is 2. The van der Waals surface area contributed by atoms with Crippen LogP contribution in [0.3, 0.4) is 0 Å². The molecule has 0 saturated heterocycles. The molecule has 0 unspecified atom stereocenters. The van der Waals surface area contributed by atoms with Crippen molar-refractivity contribution < 1.29 is 4.39 Å². The molecule has 3 aromatic rings. The lowest BCUT2D eigenvalue weighted by molar-refractivity contribution is 0.627. The zero-order chi connectivity index (χ0) is 15.0. The molecule has 0 bridgehead atoms. The van der Waals surface area contributed by atoms with Gasteiger partial charge in [-0.2, -0.15) is 5.10 Å². The Morgan fingerprint density at radius 2 is 1.86 bits per heavy atom. The molecule has 0 radical (unpaired) electrons. The van der Waals surface area contributed by atoms with Gasteiger partial charge in [0.1, 0.15) is 11.6 Å². The average molecular weight is 393 g/mol. The summed E-state index contributed by atoms with van der Waals surface area (Å²) in [4.78, 5) is 0. The Morgan fingerprint density at radius 1 is 1.14 bits per heavy atom. The number of rotatable bonds is 2. The van der Waals surface area contributed by atoms with E-state index in [4.69, 9.17) is 5.73 Å². The normalized spacial score (nSPS) is 10.8. The number of nitrogen functional groups attached to an aromatic ring is 1. The molecule has 2 N–H and O–H groups in total. The van der Waals surface area contributed by atoms with Gasteiger partial charge in [0.05, 0.1) is 11.4 Å². The summed E-state index contributed by atoms with van der Waals surface area (Å²) in [6, 6.07) is 14.4. The lowest BCUT2D eigenvalue weighted by Gasteiger charge is -2.03. The molecule has 0 saturated carbocycles. The quantitative estimate of drug-likeness (QED) is 0.665. The molecule has 0 amide bonds. The molecule has 2 aromatic carbocycles. The van der Waals surface area contributed by atoms with Gasteiger partial charge in [0.15, 0.2) is 0 Å². The Bertz CT molecular complexity index is 797. The summed E-state index contributed by atoms with van der Waals surface area (Å²) in [5.74, 6) is 0.340. The van der Waals surface area contributed by atoms with Gasteiger partial charge in [-0.1, -0.05) is 18.2 Å². The standard InChI is InChI=1S/C16H13FIN3/c1-10-15(13-8-7-11(17)9-14(13)18)20-21(16(10)19)12-5-3-2-4-6-12/h2-9H,19H2,1H3. The maximum absolute atomic E-state index is 13.3. The van der Waals surface area contributed by atoms with Crippen molar-refractivity contribution in [2.24, 2.45) is 0 Å². The van der Waals surface area contributed by atoms with E-state index in [0.717, 1.165) is 26.1 Å². The molecule has 21 heavy (non-hydrogen) atoms. The number of para-hydroxylation sites is 1. The zero-order valence-corrected chi connectivity index (χ0v) is 13.5. The number of aromatic nitrogens is 2. The van der Waals surface area contributed by atoms with E-state index in [1.807, 2.05) is 37.3 Å². The second kappa shape index (κ2) is 5.48. The van der Waals surface area contributed by atoms with Crippen molar-refractivity contribution in [3.63, 3.8) is 0 Å². The van der Waals surface area contributed by atoms with E-state index in [0.29, 0.717) is 5.82 Å². The third-order valence-corrected chi connectivity index (χ3v) is 4.25. The molecule has 0 aliphatic carbocycles. The average Bonchev–Trinajstić information content (AvgIpc) is 2.77. The molecule has 0 spiro atoms. The molecule has 3 nitrogen and oxygen atoms in total. The van der Waals surface area contributed by atoms with Crippen LogP contribution in [0.15, 0.2) is 48.5 Å². The van der Waals surface area contributed by atoms with E-state index in [9.17, 15) is 4.39 Å². The SMILES string of the molecule is Cc1c(-c2ccc(F)cc2I)nn(-c2ccccc2)c1N. The van der Waals surface area contributed by atoms with E-state index in [1.54, 1.807) is 10.7 Å². The van der Waals surface area contributed by atoms with Crippen LogP contribution in [-0.4, -0.2) is 9.78 Å². The van der Waals surface area contributed by atoms with Gasteiger partial charge in [-0.15, -0.1) is 0 Å². The monoisotopic (exact) mass is 393 g/mol. The maximum atomic E-state index is 13.3. The van der Waals surface area contributed by atoms with Crippen LogP contribution in [0, 0.1) is 16.3 Å². The fourth-order valence-corrected chi connectivity index (χ4v) is 2.95. The van der Waals surface area contributed by atoms with Crippen LogP contribution in [0.25, 0.3) is 16.9 Å². The van der Waals surface area contributed by atoms with Crippen LogP contribution in [-0.2, 0) is 0 Å². The maximum Gasteiger partial charge on any atom is 0.130 e. The first kappa shape index (κ1) is 14.1. The van der Waals surface area contributed by atoms with E-state index < -0.39 is 0 Å². The van der Waals surface area contributed by atoms with Gasteiger partial charge in [-0.3, -0.25) is 0 Å². The van der Waals surface area contributed by atoms with Crippen LogP contribution in [0.4, 0.5) is 10.2 Å². The summed E-state index contributed by atoms with van der Waals surface area (Å²) in [7, 11) is 0. The smallest absolute Gasteiger partial charge is 0.130 e. The van der Waals surface area contributed by atoms with Crippen LogP contribution < -0.4 is 5.73 Å². The van der Waals surface area contributed by atoms with Crippen molar-refractivity contribution in [1.29, 1.82) is 0 Å². The highest BCUT2D eigenvalue weighted by Gasteiger charge is 2.16. The molecule has 0 aliphatic heterocycles. The lowest BCUT2D eigenvalue weighted by Crippen LogP contribution is -2.01. The summed E-state index contributed by atoms with van der Waals surface area (Å²) in [5, 5.41) is 4.60. The third-order valence-electron chi connectivity index (χ3n) is 3.35. The van der Waals surface area contributed by atoms with Crippen LogP contribution in [0.2, 0.25) is 0 Å². The van der Waals surface area contributed by atoms with Crippen molar-refractivity contribution >= 4 is 28.4 Å². The molecule has 0 fully saturated rings. The van der Waals surface area contributed by atoms with Gasteiger partial charge < -0.3 is 5.73 Å². The van der Waals surface area contributed by atoms with Crippen molar-refractivity contribution in [3.05, 3.63) is 63.5 Å². The van der Waals surface area contributed by atoms with E-state index >= 15 is 0 Å². The second-order valence-electron chi connectivity index (χ2n) is 4.73. The molecule has 5 heteroatoms. The van der Waals surface area contributed by atoms with Crippen molar-refractivity contribution in [2.45, 2.75) is 6.92 Å². The molecule has 1 heterocycles. The number of halogens is 2. The molecule has 106 valence electrons. The third kappa shape index (κ3) is 2.53. The van der Waals surface area contributed by atoms with Gasteiger partial charge in [0.25, 0.3) is 0 Å². The highest BCUT2D eigenvalue weighted by atomic mass is 127. The Hall–Kier alpha value is -1.89. The van der Waals surface area contributed by atoms with Crippen molar-refractivity contribution in [2.75, 3.05) is 5.73 Å². The minimum absolute atomic E-state index is 0.253. The first-order valence-corrected chi connectivity index (χ1v) is 7.51. The predicted molar refractivity (Wildman–Crippen MR) is 90.8 cm³/mol. The number of hydrogen-bond acceptors (Lipinski definition) is 2. The number of nitrogens with two attached hydrogens (primary N) is 1. The lowest BCUT2D eigenvalue weighted by atomic mass is 10.1. The number of benzene rings is 2. The largest absolute Gasteiger partial charge is 0.383 e. The summed E-state index contributed by atoms with van der Waals surface area (Å²) in [6.45, 7) is 1.93. The number of hydrogen-bond donors (Lipinski definition) is 1. The van der Waals surface area contributed by atoms with Crippen molar-refractivity contribution in [1.82, 2.24) is 9.78 Å². The molecule has 0 atom stereocenters. The van der Waals surface area contributed by atoms with Crippen molar-refractivity contribution in [3.8, 4) is 16.9 Å². The molecular weight excluding hydrogens is 380 g/mol. The number of anilines is 1. The van der Waals surface area contributed by atoms with Gasteiger partial charge in [-0.25, -0.2) is 9.07 Å². The van der Waals surface area contributed by atoms with Gasteiger partial charge in [-0.05, 0) is 59.8 Å². The van der Waals surface area contributed by atoms with E-state index in [2.05, 4.69) is 27.7 Å². The van der Waals surface area contributed by atoms with Gasteiger partial charge in [0.2, 0.25) is 0 Å². The molecular formula is C16H13FIN3. The van der Waals surface area contributed by atoms with Crippen LogP contribution >= 0.6 is 22.6 Å². The fraction of sp³-hybridized carbons (Fsp3) is 0.0625. The molecule has 0 aliphatic rings. The Kier molecular flexibility index (Phi) is 3.67.